The Morgan fingerprint density at radius 3 is 2.57 bits per heavy atom. The van der Waals surface area contributed by atoms with Crippen molar-refractivity contribution in [1.29, 1.82) is 0 Å². The lowest BCUT2D eigenvalue weighted by Crippen LogP contribution is -2.14. The number of benzene rings is 2. The largest absolute Gasteiger partial charge is 0.609 e. The highest BCUT2D eigenvalue weighted by Crippen LogP contribution is 2.23. The minimum absolute atomic E-state index is 0.453. The number of imidazole rings is 1. The normalized spacial score (nSPS) is 12.5. The van der Waals surface area contributed by atoms with Crippen LogP contribution < -0.4 is 4.90 Å². The van der Waals surface area contributed by atoms with E-state index in [0.29, 0.717) is 10.9 Å². The lowest BCUT2D eigenvalue weighted by Gasteiger charge is -2.17. The van der Waals surface area contributed by atoms with E-state index >= 15 is 0 Å². The van der Waals surface area contributed by atoms with Crippen molar-refractivity contribution in [3.8, 4) is 0 Å². The summed E-state index contributed by atoms with van der Waals surface area (Å²) in [7, 11) is 3.98. The van der Waals surface area contributed by atoms with E-state index in [1.165, 1.54) is 0 Å². The van der Waals surface area contributed by atoms with E-state index < -0.39 is 11.2 Å². The minimum atomic E-state index is -1.19. The fraction of sp³-hybridized carbons (Fsp3) is 0.188. The SMILES string of the molecule is CN(C)c1ccccc1C[S+]([O-])c1nc2ccccc2[nH]1. The molecule has 0 fully saturated rings. The van der Waals surface area contributed by atoms with Crippen molar-refractivity contribution in [1.82, 2.24) is 9.97 Å². The Morgan fingerprint density at radius 1 is 1.10 bits per heavy atom. The molecule has 0 aliphatic carbocycles. The first-order valence-corrected chi connectivity index (χ1v) is 8.05. The van der Waals surface area contributed by atoms with Gasteiger partial charge in [-0.05, 0) is 18.2 Å². The molecule has 0 aliphatic rings. The average Bonchev–Trinajstić information content (AvgIpc) is 2.91. The molecular weight excluding hydrogens is 282 g/mol. The van der Waals surface area contributed by atoms with Crippen LogP contribution in [0.2, 0.25) is 0 Å². The van der Waals surface area contributed by atoms with Crippen molar-refractivity contribution < 1.29 is 4.55 Å². The maximum atomic E-state index is 12.6. The fourth-order valence-corrected chi connectivity index (χ4v) is 3.40. The summed E-state index contributed by atoms with van der Waals surface area (Å²) in [5.74, 6) is 0.453. The van der Waals surface area contributed by atoms with E-state index in [4.69, 9.17) is 0 Å². The van der Waals surface area contributed by atoms with Gasteiger partial charge >= 0.3 is 5.16 Å². The van der Waals surface area contributed by atoms with Crippen molar-refractivity contribution in [2.75, 3.05) is 19.0 Å². The number of aromatic amines is 1. The maximum Gasteiger partial charge on any atom is 0.321 e. The summed E-state index contributed by atoms with van der Waals surface area (Å²) in [6.07, 6.45) is 0. The molecule has 4 nitrogen and oxygen atoms in total. The average molecular weight is 299 g/mol. The number of nitrogens with zero attached hydrogens (tertiary/aromatic N) is 2. The molecule has 0 saturated carbocycles. The molecule has 2 aromatic carbocycles. The van der Waals surface area contributed by atoms with Gasteiger partial charge in [-0.15, -0.1) is 0 Å². The number of H-pyrrole nitrogens is 1. The van der Waals surface area contributed by atoms with Crippen LogP contribution in [0.3, 0.4) is 0 Å². The van der Waals surface area contributed by atoms with Gasteiger partial charge in [0.15, 0.2) is 0 Å². The number of fused-ring (bicyclic) bond motifs is 1. The Hall–Kier alpha value is -1.98. The van der Waals surface area contributed by atoms with Crippen LogP contribution in [0.15, 0.2) is 53.7 Å². The summed E-state index contributed by atoms with van der Waals surface area (Å²) in [6.45, 7) is 0. The topological polar surface area (TPSA) is 55.0 Å². The van der Waals surface area contributed by atoms with Crippen molar-refractivity contribution >= 4 is 27.9 Å². The predicted molar refractivity (Wildman–Crippen MR) is 87.0 cm³/mol. The number of aromatic nitrogens is 2. The number of hydrogen-bond acceptors (Lipinski definition) is 3. The van der Waals surface area contributed by atoms with Gasteiger partial charge < -0.3 is 9.45 Å². The zero-order valence-electron chi connectivity index (χ0n) is 12.0. The number of para-hydroxylation sites is 3. The summed E-state index contributed by atoms with van der Waals surface area (Å²) in [4.78, 5) is 9.59. The highest BCUT2D eigenvalue weighted by Gasteiger charge is 2.19. The summed E-state index contributed by atoms with van der Waals surface area (Å²) < 4.78 is 12.6. The zero-order chi connectivity index (χ0) is 14.8. The van der Waals surface area contributed by atoms with Crippen LogP contribution in [0.25, 0.3) is 11.0 Å². The highest BCUT2D eigenvalue weighted by molar-refractivity contribution is 7.90. The van der Waals surface area contributed by atoms with Gasteiger partial charge in [0.05, 0.1) is 11.0 Å². The Kier molecular flexibility index (Phi) is 3.86. The highest BCUT2D eigenvalue weighted by atomic mass is 32.2. The third-order valence-electron chi connectivity index (χ3n) is 3.34. The zero-order valence-corrected chi connectivity index (χ0v) is 12.9. The molecule has 21 heavy (non-hydrogen) atoms. The third-order valence-corrected chi connectivity index (χ3v) is 4.54. The van der Waals surface area contributed by atoms with Crippen LogP contribution in [0.5, 0.6) is 0 Å². The van der Waals surface area contributed by atoms with E-state index in [2.05, 4.69) is 9.97 Å². The fourth-order valence-electron chi connectivity index (χ4n) is 2.32. The summed E-state index contributed by atoms with van der Waals surface area (Å²) in [5.41, 5.74) is 3.91. The Labute approximate surface area is 127 Å². The second-order valence-electron chi connectivity index (χ2n) is 5.07. The molecule has 1 aromatic heterocycles. The molecule has 0 radical (unpaired) electrons. The van der Waals surface area contributed by atoms with Crippen LogP contribution in [-0.4, -0.2) is 28.6 Å². The molecule has 3 aromatic rings. The second-order valence-corrected chi connectivity index (χ2v) is 6.44. The van der Waals surface area contributed by atoms with Gasteiger partial charge in [-0.25, -0.2) is 0 Å². The summed E-state index contributed by atoms with van der Waals surface area (Å²) in [6, 6.07) is 15.7. The maximum absolute atomic E-state index is 12.6. The molecule has 0 saturated heterocycles. The third kappa shape index (κ3) is 2.89. The monoisotopic (exact) mass is 299 g/mol. The Balaban J connectivity index is 1.87. The molecular formula is C16H17N3OS. The molecule has 1 heterocycles. The van der Waals surface area contributed by atoms with Gasteiger partial charge in [-0.2, -0.15) is 4.98 Å². The van der Waals surface area contributed by atoms with Gasteiger partial charge in [-0.3, -0.25) is 4.98 Å². The van der Waals surface area contributed by atoms with E-state index in [1.54, 1.807) is 0 Å². The van der Waals surface area contributed by atoms with Gasteiger partial charge in [0, 0.05) is 36.5 Å². The standard InChI is InChI=1S/C16H17N3OS/c1-19(2)15-10-6-3-7-12(15)11-21(20)16-17-13-8-4-5-9-14(13)18-16/h3-10H,11H2,1-2H3,(H,17,18). The van der Waals surface area contributed by atoms with E-state index in [-0.39, 0.29) is 0 Å². The molecule has 0 bridgehead atoms. The first-order chi connectivity index (χ1) is 10.1. The smallest absolute Gasteiger partial charge is 0.321 e. The number of anilines is 1. The van der Waals surface area contributed by atoms with Crippen LogP contribution in [0.1, 0.15) is 5.56 Å². The second kappa shape index (κ2) is 5.79. The molecule has 1 unspecified atom stereocenters. The van der Waals surface area contributed by atoms with Gasteiger partial charge in [0.25, 0.3) is 0 Å². The molecule has 0 spiro atoms. The lowest BCUT2D eigenvalue weighted by atomic mass is 10.2. The van der Waals surface area contributed by atoms with Crippen LogP contribution in [-0.2, 0) is 16.9 Å². The molecule has 3 rings (SSSR count). The van der Waals surface area contributed by atoms with Crippen LogP contribution in [0.4, 0.5) is 5.69 Å². The summed E-state index contributed by atoms with van der Waals surface area (Å²) in [5, 5.41) is 0.532. The van der Waals surface area contributed by atoms with E-state index in [9.17, 15) is 4.55 Å². The molecule has 0 amide bonds. The van der Waals surface area contributed by atoms with Gasteiger partial charge in [0.2, 0.25) is 0 Å². The quantitative estimate of drug-likeness (QED) is 0.754. The lowest BCUT2D eigenvalue weighted by molar-refractivity contribution is 0.587. The van der Waals surface area contributed by atoms with Crippen LogP contribution >= 0.6 is 0 Å². The molecule has 0 aliphatic heterocycles. The van der Waals surface area contributed by atoms with E-state index in [1.807, 2.05) is 67.5 Å². The molecule has 108 valence electrons. The van der Waals surface area contributed by atoms with Crippen molar-refractivity contribution in [3.05, 3.63) is 54.1 Å². The Bertz CT molecular complexity index is 721. The number of hydrogen-bond donors (Lipinski definition) is 1. The minimum Gasteiger partial charge on any atom is -0.609 e. The van der Waals surface area contributed by atoms with Gasteiger partial charge in [-0.1, -0.05) is 30.3 Å². The Morgan fingerprint density at radius 2 is 1.81 bits per heavy atom. The van der Waals surface area contributed by atoms with Crippen molar-refractivity contribution in [2.24, 2.45) is 0 Å². The molecule has 1 N–H and O–H groups in total. The molecule has 5 heteroatoms. The predicted octanol–water partition coefficient (Wildman–Crippen LogP) is 2.94. The van der Waals surface area contributed by atoms with Crippen LogP contribution in [0, 0.1) is 0 Å². The van der Waals surface area contributed by atoms with E-state index in [0.717, 1.165) is 22.3 Å². The van der Waals surface area contributed by atoms with Gasteiger partial charge in [0.1, 0.15) is 5.75 Å². The number of rotatable bonds is 4. The van der Waals surface area contributed by atoms with Crippen molar-refractivity contribution in [3.63, 3.8) is 0 Å². The first-order valence-electron chi connectivity index (χ1n) is 6.73. The first kappa shape index (κ1) is 14.0. The number of nitrogens with one attached hydrogen (secondary N) is 1. The summed E-state index contributed by atoms with van der Waals surface area (Å²) >= 11 is -1.19. The molecule has 1 atom stereocenters. The van der Waals surface area contributed by atoms with Crippen molar-refractivity contribution in [2.45, 2.75) is 10.9 Å².